The van der Waals surface area contributed by atoms with Crippen LogP contribution in [0.5, 0.6) is 0 Å². The molecule has 1 amide bonds. The van der Waals surface area contributed by atoms with Crippen molar-refractivity contribution in [2.45, 2.75) is 10.7 Å². The molecule has 122 valence electrons. The molecule has 1 N–H and O–H groups in total. The Labute approximate surface area is 142 Å². The lowest BCUT2D eigenvalue weighted by molar-refractivity contribution is 0.102. The maximum Gasteiger partial charge on any atom is 0.288 e. The quantitative estimate of drug-likeness (QED) is 0.767. The average molecular weight is 357 g/mol. The molecule has 2 aromatic carbocycles. The number of carbonyl (C=O) groups is 1. The van der Waals surface area contributed by atoms with Crippen LogP contribution in [0.3, 0.4) is 0 Å². The Hall–Kier alpha value is -1.79. The van der Waals surface area contributed by atoms with Gasteiger partial charge in [0.05, 0.1) is 11.4 Å². The monoisotopic (exact) mass is 356 g/mol. The Bertz CT molecular complexity index is 693. The zero-order chi connectivity index (χ0) is 17.0. The minimum absolute atomic E-state index is 0.330. The maximum absolute atomic E-state index is 12.3. The smallest absolute Gasteiger partial charge is 0.288 e. The molecular formula is C16H15ClF2N2OS. The van der Waals surface area contributed by atoms with Crippen LogP contribution in [0.25, 0.3) is 0 Å². The summed E-state index contributed by atoms with van der Waals surface area (Å²) in [5, 5.41) is 3.30. The molecule has 0 bridgehead atoms. The highest BCUT2D eigenvalue weighted by atomic mass is 35.5. The van der Waals surface area contributed by atoms with Crippen molar-refractivity contribution in [1.82, 2.24) is 0 Å². The summed E-state index contributed by atoms with van der Waals surface area (Å²) in [6.45, 7) is 0. The number of rotatable bonds is 5. The fourth-order valence-corrected chi connectivity index (χ4v) is 2.65. The first-order chi connectivity index (χ1) is 10.9. The van der Waals surface area contributed by atoms with Gasteiger partial charge in [0.15, 0.2) is 0 Å². The zero-order valence-electron chi connectivity index (χ0n) is 12.5. The number of carbonyl (C=O) groups excluding carboxylic acids is 1. The molecule has 0 aliphatic carbocycles. The molecule has 0 aliphatic heterocycles. The zero-order valence-corrected chi connectivity index (χ0v) is 14.1. The second-order valence-electron chi connectivity index (χ2n) is 4.91. The van der Waals surface area contributed by atoms with Crippen molar-refractivity contribution >= 4 is 40.6 Å². The lowest BCUT2D eigenvalue weighted by Gasteiger charge is -2.18. The Morgan fingerprint density at radius 1 is 1.17 bits per heavy atom. The Morgan fingerprint density at radius 2 is 1.83 bits per heavy atom. The van der Waals surface area contributed by atoms with Gasteiger partial charge in [-0.2, -0.15) is 8.78 Å². The Morgan fingerprint density at radius 3 is 2.39 bits per heavy atom. The second-order valence-corrected chi connectivity index (χ2v) is 6.41. The fourth-order valence-electron chi connectivity index (χ4n) is 1.98. The van der Waals surface area contributed by atoms with E-state index in [0.717, 1.165) is 5.69 Å². The summed E-state index contributed by atoms with van der Waals surface area (Å²) in [7, 11) is 3.71. The molecule has 0 aromatic heterocycles. The van der Waals surface area contributed by atoms with E-state index in [2.05, 4.69) is 5.32 Å². The fraction of sp³-hybridized carbons (Fsp3) is 0.188. The van der Waals surface area contributed by atoms with Gasteiger partial charge < -0.3 is 10.2 Å². The highest BCUT2D eigenvalue weighted by Gasteiger charge is 2.12. The van der Waals surface area contributed by atoms with E-state index >= 15 is 0 Å². The number of thioether (sulfide) groups is 1. The van der Waals surface area contributed by atoms with Crippen LogP contribution in [0.4, 0.5) is 20.2 Å². The molecule has 0 saturated carbocycles. The minimum Gasteiger partial charge on any atom is -0.376 e. The molecule has 0 atom stereocenters. The summed E-state index contributed by atoms with van der Waals surface area (Å²) in [6, 6.07) is 11.2. The van der Waals surface area contributed by atoms with E-state index < -0.39 is 5.76 Å². The summed E-state index contributed by atoms with van der Waals surface area (Å²) in [5.74, 6) is -2.81. The highest BCUT2D eigenvalue weighted by molar-refractivity contribution is 7.99. The average Bonchev–Trinajstić information content (AvgIpc) is 2.47. The molecule has 7 heteroatoms. The van der Waals surface area contributed by atoms with Crippen molar-refractivity contribution in [2.24, 2.45) is 0 Å². The van der Waals surface area contributed by atoms with Gasteiger partial charge in [0.25, 0.3) is 11.7 Å². The molecule has 23 heavy (non-hydrogen) atoms. The van der Waals surface area contributed by atoms with Crippen LogP contribution in [0, 0.1) is 0 Å². The summed E-state index contributed by atoms with van der Waals surface area (Å²) in [5.41, 5.74) is 1.78. The third-order valence-electron chi connectivity index (χ3n) is 3.03. The normalized spacial score (nSPS) is 10.7. The molecule has 0 heterocycles. The first kappa shape index (κ1) is 17.6. The minimum atomic E-state index is -2.48. The number of nitrogens with zero attached hydrogens (tertiary/aromatic N) is 1. The van der Waals surface area contributed by atoms with E-state index in [9.17, 15) is 13.6 Å². The van der Waals surface area contributed by atoms with Crippen LogP contribution < -0.4 is 10.2 Å². The number of nitrogens with one attached hydrogen (secondary N) is 1. The first-order valence-electron chi connectivity index (χ1n) is 6.70. The number of hydrogen-bond acceptors (Lipinski definition) is 3. The van der Waals surface area contributed by atoms with Crippen LogP contribution in [0.2, 0.25) is 5.02 Å². The highest BCUT2D eigenvalue weighted by Crippen LogP contribution is 2.29. The first-order valence-corrected chi connectivity index (χ1v) is 7.95. The SMILES string of the molecule is CN(C)c1ccc(Cl)cc1NC(=O)c1ccc(SC(F)F)cc1. The predicted molar refractivity (Wildman–Crippen MR) is 92.0 cm³/mol. The van der Waals surface area contributed by atoms with Crippen LogP contribution in [-0.4, -0.2) is 25.8 Å². The van der Waals surface area contributed by atoms with Gasteiger partial charge in [-0.15, -0.1) is 0 Å². The van der Waals surface area contributed by atoms with Gasteiger partial charge >= 0.3 is 0 Å². The van der Waals surface area contributed by atoms with Gasteiger partial charge in [-0.3, -0.25) is 4.79 Å². The van der Waals surface area contributed by atoms with Gasteiger partial charge in [0.2, 0.25) is 0 Å². The van der Waals surface area contributed by atoms with Crippen molar-refractivity contribution < 1.29 is 13.6 Å². The van der Waals surface area contributed by atoms with Crippen molar-refractivity contribution in [3.05, 3.63) is 53.1 Å². The standard InChI is InChI=1S/C16H15ClF2N2OS/c1-21(2)14-8-5-11(17)9-13(14)20-15(22)10-3-6-12(7-4-10)23-16(18)19/h3-9,16H,1-2H3,(H,20,22). The number of halogens is 3. The second kappa shape index (κ2) is 7.66. The lowest BCUT2D eigenvalue weighted by Crippen LogP contribution is -2.16. The molecule has 0 spiro atoms. The van der Waals surface area contributed by atoms with E-state index in [0.29, 0.717) is 32.9 Å². The van der Waals surface area contributed by atoms with Crippen LogP contribution in [0.15, 0.2) is 47.4 Å². The molecular weight excluding hydrogens is 342 g/mol. The van der Waals surface area contributed by atoms with Gasteiger partial charge in [-0.1, -0.05) is 23.4 Å². The van der Waals surface area contributed by atoms with Gasteiger partial charge in [0, 0.05) is 29.6 Å². The van der Waals surface area contributed by atoms with Gasteiger partial charge in [-0.05, 0) is 42.5 Å². The summed E-state index contributed by atoms with van der Waals surface area (Å²) in [4.78, 5) is 14.6. The van der Waals surface area contributed by atoms with E-state index in [1.165, 1.54) is 24.3 Å². The Kier molecular flexibility index (Phi) is 5.85. The van der Waals surface area contributed by atoms with E-state index in [1.54, 1.807) is 18.2 Å². The predicted octanol–water partition coefficient (Wildman–Crippen LogP) is 4.97. The number of hydrogen-bond donors (Lipinski definition) is 1. The number of anilines is 2. The third kappa shape index (κ3) is 4.84. The van der Waals surface area contributed by atoms with Crippen LogP contribution in [-0.2, 0) is 0 Å². The summed E-state index contributed by atoms with van der Waals surface area (Å²) in [6.07, 6.45) is 0. The largest absolute Gasteiger partial charge is 0.376 e. The molecule has 2 rings (SSSR count). The van der Waals surface area contributed by atoms with Gasteiger partial charge in [-0.25, -0.2) is 0 Å². The molecule has 3 nitrogen and oxygen atoms in total. The van der Waals surface area contributed by atoms with Crippen molar-refractivity contribution in [1.29, 1.82) is 0 Å². The molecule has 0 saturated heterocycles. The Balaban J connectivity index is 2.17. The van der Waals surface area contributed by atoms with E-state index in [-0.39, 0.29) is 5.91 Å². The molecule has 0 fully saturated rings. The molecule has 2 aromatic rings. The maximum atomic E-state index is 12.3. The number of benzene rings is 2. The number of amides is 1. The molecule has 0 unspecified atom stereocenters. The van der Waals surface area contributed by atoms with Gasteiger partial charge in [0.1, 0.15) is 0 Å². The topological polar surface area (TPSA) is 32.3 Å². The van der Waals surface area contributed by atoms with Crippen LogP contribution in [0.1, 0.15) is 10.4 Å². The van der Waals surface area contributed by atoms with Crippen molar-refractivity contribution in [3.8, 4) is 0 Å². The third-order valence-corrected chi connectivity index (χ3v) is 3.99. The lowest BCUT2D eigenvalue weighted by atomic mass is 10.2. The van der Waals surface area contributed by atoms with Crippen LogP contribution >= 0.6 is 23.4 Å². The summed E-state index contributed by atoms with van der Waals surface area (Å²) < 4.78 is 24.6. The van der Waals surface area contributed by atoms with Crippen molar-refractivity contribution in [3.63, 3.8) is 0 Å². The van der Waals surface area contributed by atoms with E-state index in [4.69, 9.17) is 11.6 Å². The van der Waals surface area contributed by atoms with E-state index in [1.807, 2.05) is 19.0 Å². The summed E-state index contributed by atoms with van der Waals surface area (Å²) >= 11 is 6.42. The number of alkyl halides is 2. The molecule has 0 radical (unpaired) electrons. The molecule has 0 aliphatic rings. The van der Waals surface area contributed by atoms with Crippen molar-refractivity contribution in [2.75, 3.05) is 24.3 Å².